The van der Waals surface area contributed by atoms with E-state index in [-0.39, 0.29) is 5.91 Å². The van der Waals surface area contributed by atoms with Crippen LogP contribution < -0.4 is 5.32 Å². The molecule has 0 radical (unpaired) electrons. The van der Waals surface area contributed by atoms with Gasteiger partial charge in [0, 0.05) is 55.1 Å². The van der Waals surface area contributed by atoms with E-state index in [1.807, 2.05) is 50.5 Å². The molecule has 0 saturated carbocycles. The molecule has 1 amide bonds. The zero-order valence-corrected chi connectivity index (χ0v) is 13.5. The van der Waals surface area contributed by atoms with Gasteiger partial charge in [0.1, 0.15) is 0 Å². The van der Waals surface area contributed by atoms with E-state index in [1.165, 1.54) is 0 Å². The van der Waals surface area contributed by atoms with Crippen molar-refractivity contribution >= 4 is 22.6 Å². The van der Waals surface area contributed by atoms with Crippen molar-refractivity contribution in [2.75, 3.05) is 19.0 Å². The largest absolute Gasteiger partial charge is 0.383 e. The zero-order chi connectivity index (χ0) is 16.4. The Labute approximate surface area is 134 Å². The molecule has 3 aromatic rings. The molecule has 0 unspecified atom stereocenters. The molecule has 1 aromatic carbocycles. The maximum absolute atomic E-state index is 12.4. The molecule has 23 heavy (non-hydrogen) atoms. The van der Waals surface area contributed by atoms with E-state index in [0.717, 1.165) is 23.1 Å². The van der Waals surface area contributed by atoms with Gasteiger partial charge in [-0.3, -0.25) is 9.48 Å². The van der Waals surface area contributed by atoms with Crippen LogP contribution in [0.15, 0.2) is 36.5 Å². The van der Waals surface area contributed by atoms with E-state index in [1.54, 1.807) is 11.8 Å². The third kappa shape index (κ3) is 3.12. The van der Waals surface area contributed by atoms with Crippen molar-refractivity contribution in [3.05, 3.63) is 47.8 Å². The van der Waals surface area contributed by atoms with Crippen LogP contribution in [0.2, 0.25) is 0 Å². The van der Waals surface area contributed by atoms with Crippen molar-refractivity contribution < 1.29 is 9.53 Å². The number of ether oxygens (including phenoxy) is 1. The highest BCUT2D eigenvalue weighted by Gasteiger charge is 2.11. The van der Waals surface area contributed by atoms with Gasteiger partial charge in [-0.25, -0.2) is 0 Å². The number of methoxy groups -OCH3 is 1. The van der Waals surface area contributed by atoms with Crippen molar-refractivity contribution in [3.63, 3.8) is 0 Å². The summed E-state index contributed by atoms with van der Waals surface area (Å²) in [5, 5.41) is 8.10. The molecule has 2 heterocycles. The number of carbonyl (C=O) groups is 1. The lowest BCUT2D eigenvalue weighted by Gasteiger charge is -2.06. The monoisotopic (exact) mass is 312 g/mol. The van der Waals surface area contributed by atoms with Crippen molar-refractivity contribution in [2.24, 2.45) is 7.05 Å². The van der Waals surface area contributed by atoms with Crippen LogP contribution in [0.4, 0.5) is 5.82 Å². The molecule has 1 N–H and O–H groups in total. The fraction of sp³-hybridized carbons (Fsp3) is 0.294. The summed E-state index contributed by atoms with van der Waals surface area (Å²) in [5.41, 5.74) is 2.70. The molecule has 6 nitrogen and oxygen atoms in total. The van der Waals surface area contributed by atoms with Crippen LogP contribution in [-0.2, 0) is 18.3 Å². The van der Waals surface area contributed by atoms with Gasteiger partial charge in [0.25, 0.3) is 5.91 Å². The Morgan fingerprint density at radius 2 is 2.13 bits per heavy atom. The Morgan fingerprint density at radius 3 is 2.83 bits per heavy atom. The summed E-state index contributed by atoms with van der Waals surface area (Å²) in [4.78, 5) is 12.4. The van der Waals surface area contributed by atoms with E-state index in [9.17, 15) is 4.79 Å². The van der Waals surface area contributed by atoms with Crippen LogP contribution in [0.25, 0.3) is 10.9 Å². The van der Waals surface area contributed by atoms with E-state index < -0.39 is 0 Å². The van der Waals surface area contributed by atoms with Gasteiger partial charge in [0.05, 0.1) is 6.61 Å². The van der Waals surface area contributed by atoms with Crippen molar-refractivity contribution in [3.8, 4) is 0 Å². The molecule has 0 spiro atoms. The Kier molecular flexibility index (Phi) is 4.16. The number of nitrogens with zero attached hydrogens (tertiary/aromatic N) is 3. The minimum atomic E-state index is -0.158. The first kappa shape index (κ1) is 15.3. The topological polar surface area (TPSA) is 61.1 Å². The second-order valence-corrected chi connectivity index (χ2v) is 5.52. The van der Waals surface area contributed by atoms with Crippen LogP contribution in [0.1, 0.15) is 16.1 Å². The predicted molar refractivity (Wildman–Crippen MR) is 89.7 cm³/mol. The summed E-state index contributed by atoms with van der Waals surface area (Å²) >= 11 is 0. The highest BCUT2D eigenvalue weighted by Crippen LogP contribution is 2.19. The molecule has 0 fully saturated rings. The number of aryl methyl sites for hydroxylation is 2. The third-order valence-electron chi connectivity index (χ3n) is 3.92. The van der Waals surface area contributed by atoms with E-state index >= 15 is 0 Å². The summed E-state index contributed by atoms with van der Waals surface area (Å²) in [6, 6.07) is 9.54. The number of benzene rings is 1. The summed E-state index contributed by atoms with van der Waals surface area (Å²) in [6.07, 6.45) is 2.01. The highest BCUT2D eigenvalue weighted by molar-refractivity contribution is 6.05. The van der Waals surface area contributed by atoms with Crippen LogP contribution in [0.3, 0.4) is 0 Å². The predicted octanol–water partition coefficient (Wildman–Crippen LogP) is 2.58. The molecule has 0 atom stereocenters. The second-order valence-electron chi connectivity index (χ2n) is 5.52. The molecule has 0 aliphatic heterocycles. The summed E-state index contributed by atoms with van der Waals surface area (Å²) < 4.78 is 8.95. The highest BCUT2D eigenvalue weighted by atomic mass is 16.5. The molecule has 6 heteroatoms. The molecule has 0 saturated heterocycles. The van der Waals surface area contributed by atoms with Crippen LogP contribution in [0.5, 0.6) is 0 Å². The van der Waals surface area contributed by atoms with Gasteiger partial charge in [0.2, 0.25) is 0 Å². The van der Waals surface area contributed by atoms with Gasteiger partial charge in [-0.2, -0.15) is 5.10 Å². The number of amides is 1. The lowest BCUT2D eigenvalue weighted by molar-refractivity contribution is 0.102. The van der Waals surface area contributed by atoms with E-state index in [4.69, 9.17) is 4.74 Å². The zero-order valence-electron chi connectivity index (χ0n) is 13.5. The fourth-order valence-electron chi connectivity index (χ4n) is 2.54. The van der Waals surface area contributed by atoms with Gasteiger partial charge in [-0.05, 0) is 31.2 Å². The van der Waals surface area contributed by atoms with Gasteiger partial charge < -0.3 is 14.6 Å². The minimum absolute atomic E-state index is 0.158. The molecule has 0 aliphatic rings. The van der Waals surface area contributed by atoms with Gasteiger partial charge in [-0.15, -0.1) is 0 Å². The number of nitrogens with one attached hydrogen (secondary N) is 1. The molecular weight excluding hydrogens is 292 g/mol. The van der Waals surface area contributed by atoms with Crippen molar-refractivity contribution in [2.45, 2.75) is 13.5 Å². The first-order valence-corrected chi connectivity index (χ1v) is 7.48. The average molecular weight is 312 g/mol. The average Bonchev–Trinajstić information content (AvgIpc) is 3.08. The summed E-state index contributed by atoms with van der Waals surface area (Å²) in [7, 11) is 3.53. The van der Waals surface area contributed by atoms with Gasteiger partial charge in [-0.1, -0.05) is 0 Å². The van der Waals surface area contributed by atoms with E-state index in [0.29, 0.717) is 18.0 Å². The number of carbonyl (C=O) groups excluding carboxylic acids is 1. The number of hydrogen-bond acceptors (Lipinski definition) is 3. The Morgan fingerprint density at radius 1 is 1.30 bits per heavy atom. The lowest BCUT2D eigenvalue weighted by atomic mass is 10.1. The quantitative estimate of drug-likeness (QED) is 0.787. The smallest absolute Gasteiger partial charge is 0.256 e. The Balaban J connectivity index is 1.81. The van der Waals surface area contributed by atoms with Crippen molar-refractivity contribution in [1.29, 1.82) is 0 Å². The maximum atomic E-state index is 12.4. The van der Waals surface area contributed by atoms with Crippen molar-refractivity contribution in [1.82, 2.24) is 14.3 Å². The Bertz CT molecular complexity index is 828. The van der Waals surface area contributed by atoms with E-state index in [2.05, 4.69) is 15.0 Å². The maximum Gasteiger partial charge on any atom is 0.256 e. The number of rotatable bonds is 5. The summed E-state index contributed by atoms with van der Waals surface area (Å²) in [6.45, 7) is 3.39. The fourth-order valence-corrected chi connectivity index (χ4v) is 2.54. The molecule has 0 aliphatic carbocycles. The molecule has 3 rings (SSSR count). The van der Waals surface area contributed by atoms with Crippen LogP contribution >= 0.6 is 0 Å². The molecule has 120 valence electrons. The molecule has 0 bridgehead atoms. The van der Waals surface area contributed by atoms with Crippen LogP contribution in [0, 0.1) is 6.92 Å². The second kappa shape index (κ2) is 6.26. The first-order chi connectivity index (χ1) is 11.1. The lowest BCUT2D eigenvalue weighted by Crippen LogP contribution is -2.12. The number of fused-ring (bicyclic) bond motifs is 1. The number of anilines is 1. The standard InChI is InChI=1S/C17H20N4O2/c1-12-10-16(19-20(12)2)18-17(22)14-4-5-15-13(11-14)6-7-21(15)8-9-23-3/h4-7,10-11H,8-9H2,1-3H3,(H,18,19,22). The SMILES string of the molecule is COCCn1ccc2cc(C(=O)Nc3cc(C)n(C)n3)ccc21. The number of aromatic nitrogens is 3. The van der Waals surface area contributed by atoms with Gasteiger partial charge in [0.15, 0.2) is 5.82 Å². The Hall–Kier alpha value is -2.60. The minimum Gasteiger partial charge on any atom is -0.383 e. The normalized spacial score (nSPS) is 11.1. The molecule has 2 aromatic heterocycles. The van der Waals surface area contributed by atoms with Gasteiger partial charge >= 0.3 is 0 Å². The summed E-state index contributed by atoms with van der Waals surface area (Å²) in [5.74, 6) is 0.405. The third-order valence-corrected chi connectivity index (χ3v) is 3.92. The number of hydrogen-bond donors (Lipinski definition) is 1. The first-order valence-electron chi connectivity index (χ1n) is 7.48. The van der Waals surface area contributed by atoms with Crippen LogP contribution in [-0.4, -0.2) is 34.0 Å². The molecular formula is C17H20N4O2.